The zero-order valence-corrected chi connectivity index (χ0v) is 37.0. The van der Waals surface area contributed by atoms with Crippen molar-refractivity contribution in [1.82, 2.24) is 48.0 Å². The number of carbonyl (C=O) groups is 10. The van der Waals surface area contributed by atoms with E-state index in [0.29, 0.717) is 50.4 Å². The van der Waals surface area contributed by atoms with Crippen molar-refractivity contribution in [3.63, 3.8) is 0 Å². The minimum Gasteiger partial charge on any atom is -0.370 e. The van der Waals surface area contributed by atoms with E-state index in [1.54, 1.807) is 0 Å². The second-order valence-corrected chi connectivity index (χ2v) is 17.5. The molecule has 0 saturated carbocycles. The first-order valence-electron chi connectivity index (χ1n) is 21.5. The zero-order valence-electron chi connectivity index (χ0n) is 36.2. The molecule has 2 aliphatic rings. The topological polar surface area (TPSA) is 377 Å². The molecule has 0 spiro atoms. The second-order valence-electron chi connectivity index (χ2n) is 16.2. The Morgan fingerprint density at radius 1 is 0.714 bits per heavy atom. The Balaban J connectivity index is 1.79. The number of nitrogens with one attached hydrogen (secondary N) is 9. The fourth-order valence-electron chi connectivity index (χ4n) is 7.13. The number of rotatable bonds is 32. The van der Waals surface area contributed by atoms with E-state index >= 15 is 0 Å². The van der Waals surface area contributed by atoms with Gasteiger partial charge in [0.05, 0.1) is 25.2 Å². The zero-order chi connectivity index (χ0) is 46.9. The minimum absolute atomic E-state index is 0.0387. The predicted molar refractivity (Wildman–Crippen MR) is 231 cm³/mol. The maximum Gasteiger partial charge on any atom is 0.315 e. The lowest BCUT2D eigenvalue weighted by molar-refractivity contribution is -0.137. The Kier molecular flexibility index (Phi) is 25.0. The van der Waals surface area contributed by atoms with Crippen molar-refractivity contribution in [3.05, 3.63) is 0 Å². The number of unbranched alkanes of at least 4 members (excludes halogenated alkanes) is 3. The third-order valence-electron chi connectivity index (χ3n) is 10.4. The number of carbonyl (C=O) groups excluding carboxylic acids is 10. The van der Waals surface area contributed by atoms with E-state index in [-0.39, 0.29) is 68.5 Å². The van der Waals surface area contributed by atoms with Gasteiger partial charge in [-0.25, -0.2) is 10.3 Å². The Morgan fingerprint density at radius 2 is 1.38 bits per heavy atom. The Morgan fingerprint density at radius 3 is 2.05 bits per heavy atom. The Bertz CT molecular complexity index is 1590. The van der Waals surface area contributed by atoms with Crippen LogP contribution in [0.4, 0.5) is 4.79 Å². The second kappa shape index (κ2) is 29.2. The molecule has 11 amide bonds. The Hall–Kier alpha value is -5.23. The van der Waals surface area contributed by atoms with Crippen LogP contribution in [0, 0.1) is 11.8 Å². The summed E-state index contributed by atoms with van der Waals surface area (Å²) in [6.45, 7) is 3.16. The summed E-state index contributed by atoms with van der Waals surface area (Å²) in [5, 5.41) is 30.3. The summed E-state index contributed by atoms with van der Waals surface area (Å²) >= 11 is 1.83. The number of urea groups is 1. The van der Waals surface area contributed by atoms with Crippen LogP contribution >= 0.6 is 11.8 Å². The molecule has 2 fully saturated rings. The van der Waals surface area contributed by atoms with Crippen molar-refractivity contribution in [2.45, 2.75) is 139 Å². The van der Waals surface area contributed by atoms with Crippen LogP contribution in [0.5, 0.6) is 0 Å². The van der Waals surface area contributed by atoms with Crippen molar-refractivity contribution < 1.29 is 53.2 Å². The van der Waals surface area contributed by atoms with Crippen molar-refractivity contribution >= 4 is 71.0 Å². The smallest absolute Gasteiger partial charge is 0.315 e. The van der Waals surface area contributed by atoms with Crippen LogP contribution in [-0.4, -0.2) is 132 Å². The predicted octanol–water partition coefficient (Wildman–Crippen LogP) is -2.88. The van der Waals surface area contributed by atoms with Gasteiger partial charge in [-0.1, -0.05) is 20.3 Å². The summed E-state index contributed by atoms with van der Waals surface area (Å²) in [4.78, 5) is 124. The van der Waals surface area contributed by atoms with Crippen LogP contribution in [0.15, 0.2) is 0 Å². The summed E-state index contributed by atoms with van der Waals surface area (Å²) in [5.74, 6) is -6.30. The van der Waals surface area contributed by atoms with Crippen molar-refractivity contribution in [2.24, 2.45) is 29.0 Å². The molecule has 2 saturated heterocycles. The Labute approximate surface area is 371 Å². The normalized spacial score (nSPS) is 18.3. The average Bonchev–Trinajstić information content (AvgIpc) is 3.79. The molecule has 0 aromatic heterocycles. The monoisotopic (exact) mass is 912 g/mol. The van der Waals surface area contributed by atoms with Crippen LogP contribution in [-0.2, 0) is 43.2 Å². The van der Waals surface area contributed by atoms with Gasteiger partial charge in [0, 0.05) is 42.7 Å². The van der Waals surface area contributed by atoms with Crippen molar-refractivity contribution in [3.8, 4) is 0 Å². The molecular weight excluding hydrogens is 845 g/mol. The number of primary amides is 2. The lowest BCUT2D eigenvalue weighted by Gasteiger charge is -2.25. The lowest BCUT2D eigenvalue weighted by atomic mass is 9.92. The van der Waals surface area contributed by atoms with E-state index in [4.69, 9.17) is 22.4 Å². The first-order valence-corrected chi connectivity index (χ1v) is 22.6. The number of amides is 11. The van der Waals surface area contributed by atoms with Crippen LogP contribution in [0.25, 0.3) is 0 Å². The molecule has 16 N–H and O–H groups in total. The van der Waals surface area contributed by atoms with Crippen LogP contribution in [0.1, 0.15) is 104 Å². The molecule has 2 rings (SSSR count). The van der Waals surface area contributed by atoms with Gasteiger partial charge in [0.25, 0.3) is 0 Å². The fraction of sp³-hybridized carbons (Fsp3) is 0.744. The van der Waals surface area contributed by atoms with Gasteiger partial charge >= 0.3 is 6.03 Å². The van der Waals surface area contributed by atoms with Gasteiger partial charge in [0.2, 0.25) is 53.2 Å². The third-order valence-corrected chi connectivity index (χ3v) is 12.0. The fourth-order valence-corrected chi connectivity index (χ4v) is 8.67. The molecule has 23 nitrogen and oxygen atoms in total. The number of hydrogen-bond acceptors (Lipinski definition) is 13. The van der Waals surface area contributed by atoms with Gasteiger partial charge in [0.15, 0.2) is 0 Å². The molecule has 63 heavy (non-hydrogen) atoms. The highest BCUT2D eigenvalue weighted by Crippen LogP contribution is 2.33. The van der Waals surface area contributed by atoms with Gasteiger partial charge in [-0.15, -0.1) is 0 Å². The maximum absolute atomic E-state index is 13.5. The van der Waals surface area contributed by atoms with Crippen LogP contribution in [0.3, 0.4) is 0 Å². The molecule has 0 bridgehead atoms. The molecule has 356 valence electrons. The first kappa shape index (κ1) is 53.9. The van der Waals surface area contributed by atoms with Gasteiger partial charge in [-0.05, 0) is 76.7 Å². The standard InChI is InChI=1S/C39H68N12O11S/c1-22(2)17-23(18-31(54)51-62)36(58)47-26(13-14-29(41)52)38(60)48-25(10-5-7-15-40)37(59)45-19-32(55)44-20-33(56)46-24(35(42)57)9-6-8-16-43-30(53)12-4-3-11-28-34-27(21-63-28)49-39(61)50-34/h22-28,34,62H,3-21,40H2,1-2H3,(H2,41,52)(H2,42,57)(H,43,53)(H,44,55)(H,45,59)(H,46,56)(H,47,58)(H,48,60)(H,51,54)(H2,49,50,61)/t23?,24-,25-,26-,27-,28-,34-/m0/s1. The van der Waals surface area contributed by atoms with E-state index in [2.05, 4.69) is 42.5 Å². The molecule has 24 heteroatoms. The largest absolute Gasteiger partial charge is 0.370 e. The van der Waals surface area contributed by atoms with E-state index in [1.165, 1.54) is 5.48 Å². The van der Waals surface area contributed by atoms with Crippen LogP contribution in [0.2, 0.25) is 0 Å². The first-order chi connectivity index (χ1) is 29.9. The number of hydroxylamine groups is 1. The van der Waals surface area contributed by atoms with Crippen LogP contribution < -0.4 is 65.2 Å². The summed E-state index contributed by atoms with van der Waals surface area (Å²) < 4.78 is 0. The molecule has 0 aromatic rings. The van der Waals surface area contributed by atoms with E-state index in [0.717, 1.165) is 25.0 Å². The highest BCUT2D eigenvalue weighted by molar-refractivity contribution is 8.00. The van der Waals surface area contributed by atoms with Gasteiger partial charge in [0.1, 0.15) is 18.1 Å². The summed E-state index contributed by atoms with van der Waals surface area (Å²) in [5.41, 5.74) is 17.9. The van der Waals surface area contributed by atoms with E-state index in [9.17, 15) is 47.9 Å². The molecule has 0 radical (unpaired) electrons. The van der Waals surface area contributed by atoms with E-state index in [1.807, 2.05) is 25.6 Å². The van der Waals surface area contributed by atoms with Crippen molar-refractivity contribution in [1.29, 1.82) is 0 Å². The molecule has 1 unspecified atom stereocenters. The SMILES string of the molecule is CC(C)CC(CC(=O)NO)C(=O)N[C@@H](CCC(N)=O)C(=O)N[C@@H](CCCCN)C(=O)NCC(=O)NCC(=O)N[C@@H](CCCCNC(=O)CCCC[C@@H]1SC[C@@H]2NC(=O)N[C@@H]21)C(N)=O. The summed E-state index contributed by atoms with van der Waals surface area (Å²) in [6.07, 6.45) is 4.34. The summed E-state index contributed by atoms with van der Waals surface area (Å²) in [7, 11) is 0. The van der Waals surface area contributed by atoms with Gasteiger partial charge < -0.3 is 59.7 Å². The molecule has 2 aliphatic heterocycles. The van der Waals surface area contributed by atoms with Gasteiger partial charge in [-0.3, -0.25) is 48.4 Å². The number of thioether (sulfide) groups is 1. The van der Waals surface area contributed by atoms with Gasteiger partial charge in [-0.2, -0.15) is 11.8 Å². The molecule has 0 aliphatic carbocycles. The number of nitrogens with two attached hydrogens (primary N) is 3. The molecule has 2 heterocycles. The summed E-state index contributed by atoms with van der Waals surface area (Å²) in [6, 6.07) is -3.42. The third kappa shape index (κ3) is 21.6. The average molecular weight is 913 g/mol. The van der Waals surface area contributed by atoms with Crippen molar-refractivity contribution in [2.75, 3.05) is 31.9 Å². The highest BCUT2D eigenvalue weighted by atomic mass is 32.2. The van der Waals surface area contributed by atoms with E-state index < -0.39 is 84.4 Å². The number of hydrogen-bond donors (Lipinski definition) is 13. The minimum atomic E-state index is -1.34. The maximum atomic E-state index is 13.5. The lowest BCUT2D eigenvalue weighted by Crippen LogP contribution is -2.55. The molecular formula is C39H68N12O11S. The highest BCUT2D eigenvalue weighted by Gasteiger charge is 2.42. The molecule has 7 atom stereocenters. The molecule has 0 aromatic carbocycles. The number of fused-ring (bicyclic) bond motifs is 1. The quantitative estimate of drug-likeness (QED) is 0.0140.